The van der Waals surface area contributed by atoms with Crippen LogP contribution in [0, 0.1) is 0 Å². The monoisotopic (exact) mass is 512 g/mol. The number of rotatable bonds is 7. The Morgan fingerprint density at radius 3 is 2.64 bits per heavy atom. The van der Waals surface area contributed by atoms with Gasteiger partial charge in [-0.05, 0) is 66.0 Å². The number of aromatic nitrogens is 2. The van der Waals surface area contributed by atoms with Crippen molar-refractivity contribution < 1.29 is 18.8 Å². The van der Waals surface area contributed by atoms with Crippen LogP contribution in [0.2, 0.25) is 0 Å². The van der Waals surface area contributed by atoms with Gasteiger partial charge in [-0.25, -0.2) is 0 Å². The Labute approximate surface area is 200 Å². The summed E-state index contributed by atoms with van der Waals surface area (Å²) in [5.74, 6) is 1.62. The highest BCUT2D eigenvalue weighted by atomic mass is 79.9. The van der Waals surface area contributed by atoms with E-state index in [0.717, 1.165) is 28.6 Å². The molecular weight excluding hydrogens is 488 g/mol. The number of nitrogens with zero attached hydrogens (tertiary/aromatic N) is 3. The molecule has 8 nitrogen and oxygen atoms in total. The van der Waals surface area contributed by atoms with Crippen LogP contribution in [0.5, 0.6) is 5.75 Å². The number of nitrogens with one attached hydrogen (secondary N) is 1. The number of amides is 2. The van der Waals surface area contributed by atoms with Crippen molar-refractivity contribution in [3.8, 4) is 17.1 Å². The van der Waals surface area contributed by atoms with Gasteiger partial charge < -0.3 is 19.5 Å². The van der Waals surface area contributed by atoms with E-state index >= 15 is 0 Å². The number of carbonyl (C=O) groups is 2. The Kier molecular flexibility index (Phi) is 7.39. The Morgan fingerprint density at radius 1 is 1.18 bits per heavy atom. The van der Waals surface area contributed by atoms with Crippen molar-refractivity contribution in [2.75, 3.05) is 26.2 Å². The van der Waals surface area contributed by atoms with Crippen molar-refractivity contribution in [2.45, 2.75) is 25.7 Å². The minimum Gasteiger partial charge on any atom is -0.493 e. The van der Waals surface area contributed by atoms with Crippen LogP contribution in [0.4, 0.5) is 0 Å². The summed E-state index contributed by atoms with van der Waals surface area (Å²) >= 11 is 3.51. The predicted octanol–water partition coefficient (Wildman–Crippen LogP) is 4.03. The molecule has 0 saturated carbocycles. The molecule has 1 aliphatic rings. The van der Waals surface area contributed by atoms with Gasteiger partial charge in [-0.1, -0.05) is 23.4 Å². The van der Waals surface area contributed by atoms with Crippen LogP contribution in [0.1, 0.15) is 41.9 Å². The van der Waals surface area contributed by atoms with Crippen molar-refractivity contribution in [3.05, 3.63) is 64.5 Å². The molecule has 172 valence electrons. The molecule has 0 radical (unpaired) electrons. The number of hydrogen-bond acceptors (Lipinski definition) is 6. The van der Waals surface area contributed by atoms with E-state index in [1.165, 1.54) is 0 Å². The van der Waals surface area contributed by atoms with E-state index in [9.17, 15) is 9.59 Å². The first-order valence-electron chi connectivity index (χ1n) is 10.9. The van der Waals surface area contributed by atoms with Gasteiger partial charge in [0.2, 0.25) is 17.6 Å². The van der Waals surface area contributed by atoms with Gasteiger partial charge in [-0.2, -0.15) is 4.98 Å². The molecule has 1 fully saturated rings. The number of benzene rings is 2. The SMILES string of the molecule is CCOc1ccc(-c2noc(C3CCN(C(=O)CNC(=O)c4ccccc4)CC3)n2)cc1Br. The van der Waals surface area contributed by atoms with E-state index in [4.69, 9.17) is 9.26 Å². The number of piperidine rings is 1. The molecule has 9 heteroatoms. The van der Waals surface area contributed by atoms with Gasteiger partial charge in [0, 0.05) is 30.1 Å². The third-order valence-corrected chi connectivity index (χ3v) is 6.18. The molecule has 1 aromatic heterocycles. The number of hydrogen-bond donors (Lipinski definition) is 1. The fourth-order valence-corrected chi connectivity index (χ4v) is 4.26. The normalized spacial score (nSPS) is 14.2. The highest BCUT2D eigenvalue weighted by Gasteiger charge is 2.28. The van der Waals surface area contributed by atoms with Crippen LogP contribution in [-0.2, 0) is 4.79 Å². The van der Waals surface area contributed by atoms with Crippen LogP contribution in [0.25, 0.3) is 11.4 Å². The summed E-state index contributed by atoms with van der Waals surface area (Å²) in [6.45, 7) is 3.67. The molecule has 2 amide bonds. The first kappa shape index (κ1) is 23.0. The minimum absolute atomic E-state index is 0.0181. The minimum atomic E-state index is -0.252. The smallest absolute Gasteiger partial charge is 0.251 e. The lowest BCUT2D eigenvalue weighted by Crippen LogP contribution is -2.43. The molecule has 2 heterocycles. The van der Waals surface area contributed by atoms with Gasteiger partial charge in [0.05, 0.1) is 17.6 Å². The first-order valence-corrected chi connectivity index (χ1v) is 11.7. The second-order valence-electron chi connectivity index (χ2n) is 7.74. The van der Waals surface area contributed by atoms with Gasteiger partial charge in [0.25, 0.3) is 5.91 Å². The third-order valence-electron chi connectivity index (χ3n) is 5.56. The lowest BCUT2D eigenvalue weighted by atomic mass is 9.96. The summed E-state index contributed by atoms with van der Waals surface area (Å²) in [6, 6.07) is 14.5. The van der Waals surface area contributed by atoms with Gasteiger partial charge in [0.15, 0.2) is 0 Å². The van der Waals surface area contributed by atoms with Crippen LogP contribution in [0.15, 0.2) is 57.5 Å². The molecule has 33 heavy (non-hydrogen) atoms. The van der Waals surface area contributed by atoms with Crippen LogP contribution in [-0.4, -0.2) is 53.1 Å². The molecule has 3 aromatic rings. The van der Waals surface area contributed by atoms with Crippen molar-refractivity contribution >= 4 is 27.7 Å². The summed E-state index contributed by atoms with van der Waals surface area (Å²) in [7, 11) is 0. The van der Waals surface area contributed by atoms with Gasteiger partial charge >= 0.3 is 0 Å². The molecule has 1 saturated heterocycles. The zero-order valence-corrected chi connectivity index (χ0v) is 19.9. The lowest BCUT2D eigenvalue weighted by molar-refractivity contribution is -0.131. The fourth-order valence-electron chi connectivity index (χ4n) is 3.77. The van der Waals surface area contributed by atoms with E-state index < -0.39 is 0 Å². The fraction of sp³-hybridized carbons (Fsp3) is 0.333. The Bertz CT molecular complexity index is 1110. The Hall–Kier alpha value is -3.20. The largest absolute Gasteiger partial charge is 0.493 e. The van der Waals surface area contributed by atoms with E-state index in [2.05, 4.69) is 31.4 Å². The molecule has 0 aliphatic carbocycles. The van der Waals surface area contributed by atoms with Gasteiger partial charge in [-0.3, -0.25) is 9.59 Å². The summed E-state index contributed by atoms with van der Waals surface area (Å²) < 4.78 is 11.9. The van der Waals surface area contributed by atoms with E-state index in [-0.39, 0.29) is 24.3 Å². The molecule has 0 atom stereocenters. The number of likely N-dealkylation sites (tertiary alicyclic amines) is 1. The van der Waals surface area contributed by atoms with Crippen molar-refractivity contribution in [1.82, 2.24) is 20.4 Å². The topological polar surface area (TPSA) is 97.6 Å². The molecule has 0 spiro atoms. The van der Waals surface area contributed by atoms with Crippen LogP contribution in [0.3, 0.4) is 0 Å². The molecule has 0 unspecified atom stereocenters. The molecule has 1 N–H and O–H groups in total. The van der Waals surface area contributed by atoms with Crippen molar-refractivity contribution in [3.63, 3.8) is 0 Å². The van der Waals surface area contributed by atoms with E-state index in [1.54, 1.807) is 29.2 Å². The van der Waals surface area contributed by atoms with Crippen molar-refractivity contribution in [2.24, 2.45) is 0 Å². The highest BCUT2D eigenvalue weighted by Crippen LogP contribution is 2.32. The Balaban J connectivity index is 1.29. The van der Waals surface area contributed by atoms with Crippen LogP contribution < -0.4 is 10.1 Å². The second-order valence-corrected chi connectivity index (χ2v) is 8.59. The summed E-state index contributed by atoms with van der Waals surface area (Å²) in [5, 5.41) is 6.83. The molecule has 2 aromatic carbocycles. The average Bonchev–Trinajstić information content (AvgIpc) is 3.35. The van der Waals surface area contributed by atoms with E-state index in [0.29, 0.717) is 37.0 Å². The summed E-state index contributed by atoms with van der Waals surface area (Å²) in [6.07, 6.45) is 1.46. The second kappa shape index (κ2) is 10.6. The average molecular weight is 513 g/mol. The van der Waals surface area contributed by atoms with Crippen molar-refractivity contribution in [1.29, 1.82) is 0 Å². The Morgan fingerprint density at radius 2 is 1.94 bits per heavy atom. The molecular formula is C24H25BrN4O4. The zero-order valence-electron chi connectivity index (χ0n) is 18.3. The maximum atomic E-state index is 12.5. The van der Waals surface area contributed by atoms with Gasteiger partial charge in [0.1, 0.15) is 5.75 Å². The zero-order chi connectivity index (χ0) is 23.2. The first-order chi connectivity index (χ1) is 16.0. The third kappa shape index (κ3) is 5.60. The molecule has 1 aliphatic heterocycles. The molecule has 4 rings (SSSR count). The quantitative estimate of drug-likeness (QED) is 0.513. The molecule has 0 bridgehead atoms. The lowest BCUT2D eigenvalue weighted by Gasteiger charge is -2.30. The summed E-state index contributed by atoms with van der Waals surface area (Å²) in [5.41, 5.74) is 1.37. The maximum absolute atomic E-state index is 12.5. The number of halogens is 1. The highest BCUT2D eigenvalue weighted by molar-refractivity contribution is 9.10. The van der Waals surface area contributed by atoms with Gasteiger partial charge in [-0.15, -0.1) is 0 Å². The standard InChI is InChI=1S/C24H25BrN4O4/c1-2-32-20-9-8-18(14-19(20)25)22-27-24(33-28-22)17-10-12-29(13-11-17)21(30)15-26-23(31)16-6-4-3-5-7-16/h3-9,14,17H,2,10-13,15H2,1H3,(H,26,31). The summed E-state index contributed by atoms with van der Waals surface area (Å²) in [4.78, 5) is 31.0. The number of ether oxygens (including phenoxy) is 1. The number of carbonyl (C=O) groups excluding carboxylic acids is 2. The van der Waals surface area contributed by atoms with Crippen LogP contribution >= 0.6 is 15.9 Å². The maximum Gasteiger partial charge on any atom is 0.251 e. The predicted molar refractivity (Wildman–Crippen MR) is 126 cm³/mol. The van der Waals surface area contributed by atoms with E-state index in [1.807, 2.05) is 31.2 Å².